The van der Waals surface area contributed by atoms with E-state index in [-0.39, 0.29) is 12.1 Å². The van der Waals surface area contributed by atoms with Crippen molar-refractivity contribution in [2.45, 2.75) is 50.2 Å². The standard InChI is InChI=1S/C23H25N5O2/c29-23(30)28-18-8-9-19(28)13-26(12-18)14-20-21(25-22-24-10-1-11-27(20)22)17-6-4-16(5-7-17)15-2-3-15/h1,4-7,10-11,15,18-19H,2-3,8-9,12-14H2,(H,29,30). The van der Waals surface area contributed by atoms with Crippen LogP contribution in [0.4, 0.5) is 4.79 Å². The summed E-state index contributed by atoms with van der Waals surface area (Å²) in [5, 5.41) is 9.55. The van der Waals surface area contributed by atoms with E-state index in [0.717, 1.165) is 55.3 Å². The van der Waals surface area contributed by atoms with Gasteiger partial charge in [0.25, 0.3) is 0 Å². The van der Waals surface area contributed by atoms with Crippen LogP contribution in [0.3, 0.4) is 0 Å². The molecule has 2 bridgehead atoms. The Hall–Kier alpha value is -2.93. The minimum absolute atomic E-state index is 0.0971. The third-order valence-electron chi connectivity index (χ3n) is 6.89. The number of carboxylic acid groups (broad SMARTS) is 1. The van der Waals surface area contributed by atoms with Gasteiger partial charge in [-0.3, -0.25) is 14.2 Å². The Morgan fingerprint density at radius 1 is 1.07 bits per heavy atom. The predicted octanol–water partition coefficient (Wildman–Crippen LogP) is 3.60. The number of benzene rings is 1. The van der Waals surface area contributed by atoms with Crippen LogP contribution in [0.15, 0.2) is 42.7 Å². The molecular weight excluding hydrogens is 378 g/mol. The third kappa shape index (κ3) is 2.96. The fourth-order valence-electron chi connectivity index (χ4n) is 5.29. The maximum atomic E-state index is 11.6. The summed E-state index contributed by atoms with van der Waals surface area (Å²) in [5.74, 6) is 1.45. The van der Waals surface area contributed by atoms with Crippen molar-refractivity contribution in [1.82, 2.24) is 24.2 Å². The Morgan fingerprint density at radius 2 is 1.80 bits per heavy atom. The van der Waals surface area contributed by atoms with Gasteiger partial charge in [-0.15, -0.1) is 0 Å². The molecule has 1 aromatic carbocycles. The van der Waals surface area contributed by atoms with Gasteiger partial charge in [0.15, 0.2) is 0 Å². The molecule has 154 valence electrons. The van der Waals surface area contributed by atoms with Crippen molar-refractivity contribution < 1.29 is 9.90 Å². The van der Waals surface area contributed by atoms with Crippen LogP contribution in [-0.4, -0.2) is 60.5 Å². The average Bonchev–Trinajstić information content (AvgIpc) is 3.49. The van der Waals surface area contributed by atoms with Gasteiger partial charge in [0, 0.05) is 49.7 Å². The fraction of sp³-hybridized carbons (Fsp3) is 0.435. The highest BCUT2D eigenvalue weighted by atomic mass is 16.4. The molecule has 3 aliphatic rings. The van der Waals surface area contributed by atoms with Gasteiger partial charge in [-0.1, -0.05) is 24.3 Å². The number of hydrogen-bond donors (Lipinski definition) is 1. The number of likely N-dealkylation sites (tertiary alicyclic amines) is 1. The first-order valence-electron chi connectivity index (χ1n) is 10.8. The minimum atomic E-state index is -0.780. The van der Waals surface area contributed by atoms with Crippen LogP contribution in [0.2, 0.25) is 0 Å². The second-order valence-electron chi connectivity index (χ2n) is 8.86. The average molecular weight is 403 g/mol. The van der Waals surface area contributed by atoms with Gasteiger partial charge in [-0.05, 0) is 43.2 Å². The molecule has 2 saturated heterocycles. The highest BCUT2D eigenvalue weighted by Gasteiger charge is 2.42. The number of carbonyl (C=O) groups is 1. The van der Waals surface area contributed by atoms with E-state index in [0.29, 0.717) is 5.78 Å². The second-order valence-corrected chi connectivity index (χ2v) is 8.86. The number of hydrogen-bond acceptors (Lipinski definition) is 4. The van der Waals surface area contributed by atoms with Crippen LogP contribution < -0.4 is 0 Å². The third-order valence-corrected chi connectivity index (χ3v) is 6.89. The van der Waals surface area contributed by atoms with Gasteiger partial charge >= 0.3 is 6.09 Å². The van der Waals surface area contributed by atoms with Crippen LogP contribution in [0.25, 0.3) is 17.0 Å². The van der Waals surface area contributed by atoms with Gasteiger partial charge < -0.3 is 5.11 Å². The minimum Gasteiger partial charge on any atom is -0.465 e. The summed E-state index contributed by atoms with van der Waals surface area (Å²) in [6.45, 7) is 2.29. The Morgan fingerprint density at radius 3 is 2.47 bits per heavy atom. The molecule has 3 fully saturated rings. The molecule has 7 nitrogen and oxygen atoms in total. The molecule has 2 aliphatic heterocycles. The van der Waals surface area contributed by atoms with E-state index in [2.05, 4.69) is 38.6 Å². The molecule has 0 radical (unpaired) electrons. The zero-order valence-electron chi connectivity index (χ0n) is 16.8. The Bertz CT molecular complexity index is 1090. The first-order chi connectivity index (χ1) is 14.7. The summed E-state index contributed by atoms with van der Waals surface area (Å²) in [5.41, 5.74) is 4.64. The number of rotatable bonds is 4. The lowest BCUT2D eigenvalue weighted by Crippen LogP contribution is -2.55. The van der Waals surface area contributed by atoms with Crippen molar-refractivity contribution in [2.24, 2.45) is 0 Å². The van der Waals surface area contributed by atoms with Crippen LogP contribution in [-0.2, 0) is 6.54 Å². The van der Waals surface area contributed by atoms with E-state index in [1.54, 1.807) is 11.1 Å². The van der Waals surface area contributed by atoms with Crippen LogP contribution in [0.1, 0.15) is 42.9 Å². The largest absolute Gasteiger partial charge is 0.465 e. The molecular formula is C23H25N5O2. The normalized spacial score (nSPS) is 23.9. The van der Waals surface area contributed by atoms with Crippen molar-refractivity contribution in [3.63, 3.8) is 0 Å². The van der Waals surface area contributed by atoms with Gasteiger partial charge in [-0.2, -0.15) is 0 Å². The zero-order chi connectivity index (χ0) is 20.2. The van der Waals surface area contributed by atoms with Crippen molar-refractivity contribution in [3.8, 4) is 11.3 Å². The highest BCUT2D eigenvalue weighted by Crippen LogP contribution is 2.40. The number of amides is 1. The van der Waals surface area contributed by atoms with E-state index in [1.165, 1.54) is 18.4 Å². The number of imidazole rings is 1. The van der Waals surface area contributed by atoms with Gasteiger partial charge in [0.05, 0.1) is 11.4 Å². The maximum absolute atomic E-state index is 11.6. The summed E-state index contributed by atoms with van der Waals surface area (Å²) in [6.07, 6.45) is 7.53. The summed E-state index contributed by atoms with van der Waals surface area (Å²) in [4.78, 5) is 25.0. The summed E-state index contributed by atoms with van der Waals surface area (Å²) in [7, 11) is 0. The van der Waals surface area contributed by atoms with E-state index in [9.17, 15) is 9.90 Å². The molecule has 7 heteroatoms. The molecule has 30 heavy (non-hydrogen) atoms. The van der Waals surface area contributed by atoms with Gasteiger partial charge in [-0.25, -0.2) is 14.8 Å². The van der Waals surface area contributed by atoms with Gasteiger partial charge in [0.1, 0.15) is 0 Å². The molecule has 1 amide bonds. The van der Waals surface area contributed by atoms with Crippen molar-refractivity contribution in [1.29, 1.82) is 0 Å². The molecule has 6 rings (SSSR count). The van der Waals surface area contributed by atoms with Crippen molar-refractivity contribution in [3.05, 3.63) is 54.0 Å². The summed E-state index contributed by atoms with van der Waals surface area (Å²) < 4.78 is 2.08. The first kappa shape index (κ1) is 17.9. The second kappa shape index (κ2) is 6.80. The zero-order valence-corrected chi connectivity index (χ0v) is 16.8. The van der Waals surface area contributed by atoms with Crippen LogP contribution >= 0.6 is 0 Å². The maximum Gasteiger partial charge on any atom is 0.407 e. The van der Waals surface area contributed by atoms with E-state index in [4.69, 9.17) is 4.98 Å². The van der Waals surface area contributed by atoms with E-state index in [1.807, 2.05) is 12.3 Å². The van der Waals surface area contributed by atoms with Crippen molar-refractivity contribution in [2.75, 3.05) is 13.1 Å². The molecule has 2 unspecified atom stereocenters. The Labute approximate surface area is 175 Å². The van der Waals surface area contributed by atoms with E-state index >= 15 is 0 Å². The topological polar surface area (TPSA) is 74.0 Å². The molecule has 2 aromatic heterocycles. The molecule has 3 aromatic rings. The molecule has 4 heterocycles. The molecule has 0 spiro atoms. The Balaban J connectivity index is 1.33. The number of nitrogens with zero attached hydrogens (tertiary/aromatic N) is 5. The lowest BCUT2D eigenvalue weighted by Gasteiger charge is -2.39. The highest BCUT2D eigenvalue weighted by molar-refractivity contribution is 5.67. The lowest BCUT2D eigenvalue weighted by molar-refractivity contribution is 0.0586. The van der Waals surface area contributed by atoms with Crippen molar-refractivity contribution >= 4 is 11.9 Å². The molecule has 2 atom stereocenters. The number of aromatic nitrogens is 3. The first-order valence-corrected chi connectivity index (χ1v) is 10.8. The smallest absolute Gasteiger partial charge is 0.407 e. The van der Waals surface area contributed by atoms with Crippen LogP contribution in [0.5, 0.6) is 0 Å². The SMILES string of the molecule is O=C(O)N1C2CCC1CN(Cc1c(-c3ccc(C4CC4)cc3)nc3ncccn13)C2. The molecule has 1 saturated carbocycles. The molecule has 1 aliphatic carbocycles. The van der Waals surface area contributed by atoms with E-state index < -0.39 is 6.09 Å². The molecule has 1 N–H and O–H groups in total. The number of piperazine rings is 1. The Kier molecular flexibility index (Phi) is 4.06. The van der Waals surface area contributed by atoms with Crippen LogP contribution in [0, 0.1) is 0 Å². The predicted molar refractivity (Wildman–Crippen MR) is 112 cm³/mol. The summed E-state index contributed by atoms with van der Waals surface area (Å²) in [6, 6.07) is 11.0. The lowest BCUT2D eigenvalue weighted by atomic mass is 10.0. The summed E-state index contributed by atoms with van der Waals surface area (Å²) >= 11 is 0. The quantitative estimate of drug-likeness (QED) is 0.721. The fourth-order valence-corrected chi connectivity index (χ4v) is 5.29. The number of fused-ring (bicyclic) bond motifs is 3. The van der Waals surface area contributed by atoms with Gasteiger partial charge in [0.2, 0.25) is 5.78 Å². The monoisotopic (exact) mass is 403 g/mol.